The molecule has 2 aromatic carbocycles. The number of benzene rings is 2. The van der Waals surface area contributed by atoms with E-state index in [1.807, 2.05) is 29.4 Å². The summed E-state index contributed by atoms with van der Waals surface area (Å²) in [6, 6.07) is 12.1. The molecule has 0 saturated heterocycles. The van der Waals surface area contributed by atoms with Crippen LogP contribution in [-0.2, 0) is 6.42 Å². The Bertz CT molecular complexity index is 934. The fourth-order valence-electron chi connectivity index (χ4n) is 2.32. The van der Waals surface area contributed by atoms with Gasteiger partial charge in [0.25, 0.3) is 0 Å². The lowest BCUT2D eigenvalue weighted by Gasteiger charge is -2.00. The normalized spacial score (nSPS) is 9.35. The molecule has 0 radical (unpaired) electrons. The third kappa shape index (κ3) is 5.94. The van der Waals surface area contributed by atoms with Crippen LogP contribution in [0.2, 0.25) is 0 Å². The van der Waals surface area contributed by atoms with E-state index in [4.69, 9.17) is 0 Å². The quantitative estimate of drug-likeness (QED) is 0.301. The number of aryl methyl sites for hydroxylation is 1. The van der Waals surface area contributed by atoms with Crippen LogP contribution in [0.25, 0.3) is 0 Å². The molecule has 0 atom stereocenters. The van der Waals surface area contributed by atoms with Gasteiger partial charge in [0.2, 0.25) is 0 Å². The third-order valence-electron chi connectivity index (χ3n) is 3.71. The minimum absolute atomic E-state index is 0.0154. The molecule has 2 rings (SSSR count). The summed E-state index contributed by atoms with van der Waals surface area (Å²) in [5, 5.41) is 2.04. The van der Waals surface area contributed by atoms with Gasteiger partial charge < -0.3 is 0 Å². The van der Waals surface area contributed by atoms with Crippen LogP contribution in [0, 0.1) is 35.4 Å². The Kier molecular flexibility index (Phi) is 7.72. The molecule has 4 heteroatoms. The Morgan fingerprint density at radius 3 is 2.19 bits per heavy atom. The van der Waals surface area contributed by atoms with E-state index in [0.717, 1.165) is 30.5 Å². The number of hydrogen-bond acceptors (Lipinski definition) is 2. The molecule has 0 fully saturated rings. The number of thiocarbonyl (C=S) groups is 1. The highest BCUT2D eigenvalue weighted by Crippen LogP contribution is 2.14. The Hall–Kier alpha value is -2.78. The topological polar surface area (TPSA) is 12.4 Å². The molecule has 1 nitrogen and oxygen atoms in total. The van der Waals surface area contributed by atoms with Crippen molar-refractivity contribution in [3.8, 4) is 23.8 Å². The number of hydrogen-bond donors (Lipinski definition) is 0. The molecule has 0 aliphatic carbocycles. The molecule has 2 aromatic rings. The van der Waals surface area contributed by atoms with Crippen molar-refractivity contribution in [2.75, 3.05) is 0 Å². The molecular formula is C22H17F2NS. The van der Waals surface area contributed by atoms with Gasteiger partial charge in [-0.3, -0.25) is 0 Å². The number of unbranched alkanes of at least 4 members (excludes halogenated alkanes) is 2. The van der Waals surface area contributed by atoms with Crippen molar-refractivity contribution < 1.29 is 8.78 Å². The number of halogens is 2. The molecule has 0 aliphatic heterocycles. The summed E-state index contributed by atoms with van der Waals surface area (Å²) < 4.78 is 28.0. The van der Waals surface area contributed by atoms with Gasteiger partial charge in [-0.15, -0.1) is 4.99 Å². The molecule has 0 aliphatic rings. The van der Waals surface area contributed by atoms with Gasteiger partial charge in [-0.2, -0.15) is 0 Å². The molecule has 26 heavy (non-hydrogen) atoms. The maximum atomic E-state index is 14.1. The maximum Gasteiger partial charge on any atom is 0.140 e. The highest BCUT2D eigenvalue weighted by molar-refractivity contribution is 7.78. The summed E-state index contributed by atoms with van der Waals surface area (Å²) >= 11 is 4.36. The van der Waals surface area contributed by atoms with Gasteiger partial charge in [0.1, 0.15) is 11.6 Å². The predicted octanol–water partition coefficient (Wildman–Crippen LogP) is 5.51. The average Bonchev–Trinajstić information content (AvgIpc) is 2.64. The van der Waals surface area contributed by atoms with E-state index in [-0.39, 0.29) is 11.1 Å². The van der Waals surface area contributed by atoms with Crippen molar-refractivity contribution in [1.29, 1.82) is 0 Å². The van der Waals surface area contributed by atoms with E-state index in [0.29, 0.717) is 0 Å². The van der Waals surface area contributed by atoms with E-state index in [2.05, 4.69) is 47.9 Å². The van der Waals surface area contributed by atoms with Crippen molar-refractivity contribution >= 4 is 17.4 Å². The van der Waals surface area contributed by atoms with Crippen LogP contribution in [-0.4, -0.2) is 5.16 Å². The molecular weight excluding hydrogens is 348 g/mol. The van der Waals surface area contributed by atoms with Crippen LogP contribution in [0.5, 0.6) is 0 Å². The zero-order chi connectivity index (χ0) is 18.8. The van der Waals surface area contributed by atoms with E-state index < -0.39 is 11.6 Å². The van der Waals surface area contributed by atoms with E-state index in [9.17, 15) is 8.78 Å². The number of isothiocyanates is 1. The highest BCUT2D eigenvalue weighted by Gasteiger charge is 2.07. The van der Waals surface area contributed by atoms with Crippen LogP contribution >= 0.6 is 12.2 Å². The second-order valence-corrected chi connectivity index (χ2v) is 5.84. The second-order valence-electron chi connectivity index (χ2n) is 5.66. The van der Waals surface area contributed by atoms with Crippen LogP contribution < -0.4 is 0 Å². The first kappa shape index (κ1) is 19.5. The van der Waals surface area contributed by atoms with Crippen molar-refractivity contribution in [1.82, 2.24) is 0 Å². The molecule has 0 spiro atoms. The Morgan fingerprint density at radius 1 is 0.923 bits per heavy atom. The minimum Gasteiger partial charge on any atom is -0.206 e. The lowest BCUT2D eigenvalue weighted by atomic mass is 10.1. The first-order valence-electron chi connectivity index (χ1n) is 8.32. The fourth-order valence-corrected chi connectivity index (χ4v) is 2.37. The standard InChI is InChI=1S/C22H17F2NS/c1-2-3-4-5-17-6-8-18(9-7-17)10-11-19-14-22(24)20(15-21(19)23)12-13-25-16-26/h6-9,14-15H,2-5H2,1H3. The molecule has 0 saturated carbocycles. The summed E-state index contributed by atoms with van der Waals surface area (Å²) in [7, 11) is 0. The molecule has 0 amide bonds. The number of rotatable bonds is 4. The summed E-state index contributed by atoms with van der Waals surface area (Å²) in [6.45, 7) is 2.17. The Labute approximate surface area is 158 Å². The first-order valence-corrected chi connectivity index (χ1v) is 8.72. The van der Waals surface area contributed by atoms with Crippen LogP contribution in [0.15, 0.2) is 41.4 Å². The molecule has 0 unspecified atom stereocenters. The van der Waals surface area contributed by atoms with Crippen LogP contribution in [0.3, 0.4) is 0 Å². The molecule has 130 valence electrons. The smallest absolute Gasteiger partial charge is 0.140 e. The number of aliphatic imine (C=N–C) groups is 1. The minimum atomic E-state index is -0.658. The molecule has 0 heterocycles. The summed E-state index contributed by atoms with van der Waals surface area (Å²) in [4.78, 5) is 3.35. The lowest BCUT2D eigenvalue weighted by molar-refractivity contribution is 0.594. The zero-order valence-corrected chi connectivity index (χ0v) is 15.2. The Balaban J connectivity index is 2.15. The lowest BCUT2D eigenvalue weighted by Crippen LogP contribution is -1.91. The SMILES string of the molecule is CCCCCc1ccc(C#Cc2cc(F)c(C#CN=C=S)cc2F)cc1. The van der Waals surface area contributed by atoms with E-state index >= 15 is 0 Å². The van der Waals surface area contributed by atoms with Crippen LogP contribution in [0.1, 0.15) is 48.4 Å². The van der Waals surface area contributed by atoms with Gasteiger partial charge in [0.15, 0.2) is 0 Å². The monoisotopic (exact) mass is 365 g/mol. The van der Waals surface area contributed by atoms with Crippen molar-refractivity contribution in [3.63, 3.8) is 0 Å². The largest absolute Gasteiger partial charge is 0.206 e. The highest BCUT2D eigenvalue weighted by atomic mass is 32.1. The van der Waals surface area contributed by atoms with Crippen molar-refractivity contribution in [2.45, 2.75) is 32.6 Å². The molecule has 0 aromatic heterocycles. The van der Waals surface area contributed by atoms with Gasteiger partial charge in [0.05, 0.1) is 22.3 Å². The van der Waals surface area contributed by atoms with Gasteiger partial charge in [-0.25, -0.2) is 8.78 Å². The third-order valence-corrected chi connectivity index (χ3v) is 3.80. The second kappa shape index (κ2) is 10.3. The summed E-state index contributed by atoms with van der Waals surface area (Å²) in [6.07, 6.45) is 4.61. The van der Waals surface area contributed by atoms with Gasteiger partial charge in [-0.05, 0) is 60.8 Å². The zero-order valence-electron chi connectivity index (χ0n) is 14.4. The molecule has 0 N–H and O–H groups in total. The summed E-state index contributed by atoms with van der Waals surface area (Å²) in [5.41, 5.74) is 1.89. The van der Waals surface area contributed by atoms with E-state index in [1.165, 1.54) is 18.4 Å². The molecule has 0 bridgehead atoms. The van der Waals surface area contributed by atoms with Crippen molar-refractivity contribution in [2.24, 2.45) is 4.99 Å². The van der Waals surface area contributed by atoms with E-state index in [1.54, 1.807) is 0 Å². The van der Waals surface area contributed by atoms with Crippen LogP contribution in [0.4, 0.5) is 8.78 Å². The first-order chi connectivity index (χ1) is 12.6. The summed E-state index contributed by atoms with van der Waals surface area (Å²) in [5.74, 6) is 6.61. The average molecular weight is 365 g/mol. The fraction of sp³-hybridized carbons (Fsp3) is 0.227. The van der Waals surface area contributed by atoms with Crippen molar-refractivity contribution in [3.05, 3.63) is 70.3 Å². The number of nitrogens with zero attached hydrogens (tertiary/aromatic N) is 1. The Morgan fingerprint density at radius 2 is 1.58 bits per heavy atom. The maximum absolute atomic E-state index is 14.1. The van der Waals surface area contributed by atoms with Gasteiger partial charge in [-0.1, -0.05) is 43.7 Å². The van der Waals surface area contributed by atoms with Gasteiger partial charge >= 0.3 is 0 Å². The van der Waals surface area contributed by atoms with Gasteiger partial charge in [0, 0.05) is 5.56 Å². The predicted molar refractivity (Wildman–Crippen MR) is 104 cm³/mol.